The number of aromatic amines is 1. The van der Waals surface area contributed by atoms with Crippen molar-refractivity contribution in [1.29, 1.82) is 0 Å². The van der Waals surface area contributed by atoms with E-state index in [0.29, 0.717) is 11.0 Å². The summed E-state index contributed by atoms with van der Waals surface area (Å²) in [5.74, 6) is 0. The highest BCUT2D eigenvalue weighted by atomic mass is 32.2. The van der Waals surface area contributed by atoms with Crippen molar-refractivity contribution >= 4 is 21.1 Å². The fraction of sp³-hybridized carbons (Fsp3) is 0.250. The van der Waals surface area contributed by atoms with Gasteiger partial charge in [-0.05, 0) is 37.6 Å². The predicted octanol–water partition coefficient (Wildman–Crippen LogP) is 2.56. The third kappa shape index (κ3) is 2.97. The number of aromatic nitrogens is 3. The molecule has 3 aromatic rings. The highest BCUT2D eigenvalue weighted by Gasteiger charge is 2.29. The lowest BCUT2D eigenvalue weighted by Crippen LogP contribution is -2.36. The maximum atomic E-state index is 13.1. The van der Waals surface area contributed by atoms with Crippen LogP contribution in [-0.2, 0) is 16.6 Å². The van der Waals surface area contributed by atoms with Gasteiger partial charge in [-0.25, -0.2) is 13.4 Å². The molecule has 0 atom stereocenters. The van der Waals surface area contributed by atoms with Gasteiger partial charge in [-0.3, -0.25) is 4.98 Å². The number of sulfonamides is 1. The van der Waals surface area contributed by atoms with Crippen molar-refractivity contribution in [2.24, 2.45) is 0 Å². The van der Waals surface area contributed by atoms with E-state index in [9.17, 15) is 8.42 Å². The number of rotatable bonds is 5. The van der Waals surface area contributed by atoms with Gasteiger partial charge in [-0.1, -0.05) is 6.07 Å². The summed E-state index contributed by atoms with van der Waals surface area (Å²) < 4.78 is 27.7. The second kappa shape index (κ2) is 6.10. The van der Waals surface area contributed by atoms with Crippen LogP contribution in [-0.4, -0.2) is 33.7 Å². The Labute approximate surface area is 135 Å². The van der Waals surface area contributed by atoms with Gasteiger partial charge in [-0.2, -0.15) is 4.31 Å². The summed E-state index contributed by atoms with van der Waals surface area (Å²) in [6.07, 6.45) is 6.49. The average Bonchev–Trinajstić information content (AvgIpc) is 2.98. The maximum absolute atomic E-state index is 13.1. The van der Waals surface area contributed by atoms with Crippen molar-refractivity contribution in [2.75, 3.05) is 0 Å². The minimum atomic E-state index is -3.65. The normalized spacial score (nSPS) is 12.3. The monoisotopic (exact) mass is 330 g/mol. The highest BCUT2D eigenvalue weighted by Crippen LogP contribution is 2.26. The Kier molecular flexibility index (Phi) is 4.14. The van der Waals surface area contributed by atoms with Gasteiger partial charge < -0.3 is 4.98 Å². The topological polar surface area (TPSA) is 79.0 Å². The maximum Gasteiger partial charge on any atom is 0.245 e. The molecule has 0 unspecified atom stereocenters. The smallest absolute Gasteiger partial charge is 0.245 e. The van der Waals surface area contributed by atoms with E-state index in [-0.39, 0.29) is 17.5 Å². The van der Waals surface area contributed by atoms with Crippen molar-refractivity contribution in [3.63, 3.8) is 0 Å². The first-order chi connectivity index (χ1) is 11.0. The zero-order valence-corrected chi connectivity index (χ0v) is 13.8. The van der Waals surface area contributed by atoms with Gasteiger partial charge in [0.05, 0.1) is 0 Å². The molecular weight excluding hydrogens is 312 g/mol. The van der Waals surface area contributed by atoms with Crippen LogP contribution in [0.4, 0.5) is 0 Å². The molecule has 120 valence electrons. The van der Waals surface area contributed by atoms with E-state index in [4.69, 9.17) is 0 Å². The first-order valence-corrected chi connectivity index (χ1v) is 8.77. The minimum absolute atomic E-state index is 0.179. The molecule has 0 saturated heterocycles. The lowest BCUT2D eigenvalue weighted by molar-refractivity contribution is 0.348. The van der Waals surface area contributed by atoms with Crippen molar-refractivity contribution < 1.29 is 8.42 Å². The second-order valence-electron chi connectivity index (χ2n) is 5.56. The summed E-state index contributed by atoms with van der Waals surface area (Å²) in [5, 5.41) is 0.601. The molecule has 0 amide bonds. The Morgan fingerprint density at radius 3 is 2.70 bits per heavy atom. The van der Waals surface area contributed by atoms with Gasteiger partial charge in [0, 0.05) is 42.8 Å². The quantitative estimate of drug-likeness (QED) is 0.780. The third-order valence-corrected chi connectivity index (χ3v) is 5.70. The van der Waals surface area contributed by atoms with Gasteiger partial charge in [-0.15, -0.1) is 0 Å². The molecule has 3 aromatic heterocycles. The second-order valence-corrected chi connectivity index (χ2v) is 7.42. The van der Waals surface area contributed by atoms with Crippen molar-refractivity contribution in [1.82, 2.24) is 19.3 Å². The first kappa shape index (κ1) is 15.6. The minimum Gasteiger partial charge on any atom is -0.345 e. The van der Waals surface area contributed by atoms with E-state index in [1.807, 2.05) is 19.9 Å². The number of fused-ring (bicyclic) bond motifs is 1. The van der Waals surface area contributed by atoms with Crippen LogP contribution in [0.1, 0.15) is 19.4 Å². The highest BCUT2D eigenvalue weighted by molar-refractivity contribution is 7.89. The average molecular weight is 330 g/mol. The molecule has 0 aliphatic heterocycles. The van der Waals surface area contributed by atoms with Crippen LogP contribution in [0.5, 0.6) is 0 Å². The molecule has 3 rings (SSSR count). The standard InChI is InChI=1S/C16H18N4O2S/c1-12(2)20(11-13-5-3-7-17-9-13)23(21,22)15-10-19-16-14(15)6-4-8-18-16/h3-10,12H,11H2,1-2H3,(H,18,19). The predicted molar refractivity (Wildman–Crippen MR) is 88.2 cm³/mol. The van der Waals surface area contributed by atoms with E-state index < -0.39 is 10.0 Å². The Hall–Kier alpha value is -2.25. The van der Waals surface area contributed by atoms with Crippen LogP contribution in [0.15, 0.2) is 53.9 Å². The molecule has 0 saturated carbocycles. The van der Waals surface area contributed by atoms with Gasteiger partial charge in [0.25, 0.3) is 0 Å². The number of pyridine rings is 2. The van der Waals surface area contributed by atoms with Gasteiger partial charge in [0.2, 0.25) is 10.0 Å². The molecule has 1 N–H and O–H groups in total. The number of nitrogens with zero attached hydrogens (tertiary/aromatic N) is 3. The SMILES string of the molecule is CC(C)N(Cc1cccnc1)S(=O)(=O)c1c[nH]c2ncccc12. The largest absolute Gasteiger partial charge is 0.345 e. The van der Waals surface area contributed by atoms with Crippen LogP contribution in [0.25, 0.3) is 11.0 Å². The van der Waals surface area contributed by atoms with Crippen LogP contribution < -0.4 is 0 Å². The van der Waals surface area contributed by atoms with E-state index in [2.05, 4.69) is 15.0 Å². The van der Waals surface area contributed by atoms with Crippen molar-refractivity contribution in [3.8, 4) is 0 Å². The van der Waals surface area contributed by atoms with Crippen LogP contribution >= 0.6 is 0 Å². The number of nitrogens with one attached hydrogen (secondary N) is 1. The molecule has 0 aromatic carbocycles. The third-order valence-electron chi connectivity index (χ3n) is 3.64. The molecule has 0 aliphatic rings. The molecule has 3 heterocycles. The summed E-state index contributed by atoms with van der Waals surface area (Å²) in [4.78, 5) is 11.4. The molecule has 0 fully saturated rings. The molecule has 0 aliphatic carbocycles. The van der Waals surface area contributed by atoms with Gasteiger partial charge >= 0.3 is 0 Å². The number of hydrogen-bond acceptors (Lipinski definition) is 4. The summed E-state index contributed by atoms with van der Waals surface area (Å²) in [5.41, 5.74) is 1.42. The van der Waals surface area contributed by atoms with E-state index >= 15 is 0 Å². The molecule has 23 heavy (non-hydrogen) atoms. The van der Waals surface area contributed by atoms with E-state index in [1.165, 1.54) is 10.5 Å². The van der Waals surface area contributed by atoms with Crippen LogP contribution in [0, 0.1) is 0 Å². The van der Waals surface area contributed by atoms with Gasteiger partial charge in [0.15, 0.2) is 0 Å². The summed E-state index contributed by atoms with van der Waals surface area (Å²) in [6, 6.07) is 6.98. The van der Waals surface area contributed by atoms with Crippen molar-refractivity contribution in [3.05, 3.63) is 54.6 Å². The summed E-state index contributed by atoms with van der Waals surface area (Å²) in [6.45, 7) is 4.00. The fourth-order valence-corrected chi connectivity index (χ4v) is 4.26. The van der Waals surface area contributed by atoms with E-state index in [0.717, 1.165) is 5.56 Å². The van der Waals surface area contributed by atoms with Crippen LogP contribution in [0.3, 0.4) is 0 Å². The zero-order valence-electron chi connectivity index (χ0n) is 13.0. The van der Waals surface area contributed by atoms with Gasteiger partial charge in [0.1, 0.15) is 10.5 Å². The first-order valence-electron chi connectivity index (χ1n) is 7.33. The lowest BCUT2D eigenvalue weighted by Gasteiger charge is -2.25. The Bertz CT molecular complexity index is 904. The van der Waals surface area contributed by atoms with Crippen LogP contribution in [0.2, 0.25) is 0 Å². The van der Waals surface area contributed by atoms with E-state index in [1.54, 1.807) is 36.8 Å². The summed E-state index contributed by atoms with van der Waals surface area (Å²) in [7, 11) is -3.65. The molecule has 0 radical (unpaired) electrons. The fourth-order valence-electron chi connectivity index (χ4n) is 2.49. The molecule has 7 heteroatoms. The Balaban J connectivity index is 2.04. The zero-order chi connectivity index (χ0) is 16.4. The Morgan fingerprint density at radius 1 is 1.22 bits per heavy atom. The molecule has 0 bridgehead atoms. The molecular formula is C16H18N4O2S. The lowest BCUT2D eigenvalue weighted by atomic mass is 10.2. The summed E-state index contributed by atoms with van der Waals surface area (Å²) >= 11 is 0. The number of hydrogen-bond donors (Lipinski definition) is 1. The van der Waals surface area contributed by atoms with Crippen molar-refractivity contribution in [2.45, 2.75) is 31.3 Å². The molecule has 6 nitrogen and oxygen atoms in total. The molecule has 0 spiro atoms. The number of H-pyrrole nitrogens is 1. The Morgan fingerprint density at radius 2 is 2.00 bits per heavy atom.